The van der Waals surface area contributed by atoms with E-state index in [-0.39, 0.29) is 17.4 Å². The van der Waals surface area contributed by atoms with E-state index in [1.807, 2.05) is 12.1 Å². The number of piperidine rings is 1. The Kier molecular flexibility index (Phi) is 5.42. The molecule has 0 bridgehead atoms. The van der Waals surface area contributed by atoms with E-state index in [4.69, 9.17) is 17.3 Å². The zero-order chi connectivity index (χ0) is 18.7. The van der Waals surface area contributed by atoms with Crippen molar-refractivity contribution < 1.29 is 14.0 Å². The molecule has 0 spiro atoms. The Balaban J connectivity index is 1.79. The molecule has 2 amide bonds. The molecule has 2 aromatic rings. The van der Waals surface area contributed by atoms with Crippen LogP contribution in [-0.2, 0) is 4.79 Å². The molecule has 0 unspecified atom stereocenters. The second-order valence-corrected chi connectivity index (χ2v) is 6.70. The number of primary amides is 1. The molecule has 2 aromatic carbocycles. The highest BCUT2D eigenvalue weighted by molar-refractivity contribution is 6.31. The Morgan fingerprint density at radius 1 is 1.15 bits per heavy atom. The number of nitrogens with one attached hydrogen (secondary N) is 1. The SMILES string of the molecule is NC(=O)C1CCN(c2ccccc2NC(=O)c2cc(Cl)ccc2F)CC1. The number of benzene rings is 2. The number of carbonyl (C=O) groups is 2. The zero-order valence-electron chi connectivity index (χ0n) is 14.0. The van der Waals surface area contributed by atoms with Gasteiger partial charge in [-0.1, -0.05) is 23.7 Å². The predicted octanol–water partition coefficient (Wildman–Crippen LogP) is 3.43. The van der Waals surface area contributed by atoms with Crippen LogP contribution >= 0.6 is 11.6 Å². The maximum absolute atomic E-state index is 13.9. The van der Waals surface area contributed by atoms with Gasteiger partial charge in [-0.25, -0.2) is 4.39 Å². The molecule has 0 aromatic heterocycles. The summed E-state index contributed by atoms with van der Waals surface area (Å²) in [4.78, 5) is 25.9. The maximum atomic E-state index is 13.9. The number of nitrogens with zero attached hydrogens (tertiary/aromatic N) is 1. The molecule has 1 saturated heterocycles. The van der Waals surface area contributed by atoms with Gasteiger partial charge in [0.2, 0.25) is 5.91 Å². The fourth-order valence-corrected chi connectivity index (χ4v) is 3.29. The number of halogens is 2. The van der Waals surface area contributed by atoms with E-state index in [1.54, 1.807) is 12.1 Å². The Hall–Kier alpha value is -2.60. The first-order valence-corrected chi connectivity index (χ1v) is 8.73. The molecule has 3 rings (SSSR count). The van der Waals surface area contributed by atoms with Crippen molar-refractivity contribution in [1.82, 2.24) is 0 Å². The first-order valence-electron chi connectivity index (χ1n) is 8.35. The molecular weight excluding hydrogens is 357 g/mol. The lowest BCUT2D eigenvalue weighted by Crippen LogP contribution is -2.38. The quantitative estimate of drug-likeness (QED) is 0.859. The number of para-hydroxylation sites is 2. The van der Waals surface area contributed by atoms with E-state index < -0.39 is 11.7 Å². The van der Waals surface area contributed by atoms with Crippen molar-refractivity contribution in [3.8, 4) is 0 Å². The molecule has 3 N–H and O–H groups in total. The van der Waals surface area contributed by atoms with Crippen LogP contribution < -0.4 is 16.0 Å². The Morgan fingerprint density at radius 2 is 1.85 bits per heavy atom. The van der Waals surface area contributed by atoms with Crippen molar-refractivity contribution in [2.45, 2.75) is 12.8 Å². The number of anilines is 2. The number of nitrogens with two attached hydrogens (primary N) is 1. The third kappa shape index (κ3) is 3.96. The average molecular weight is 376 g/mol. The van der Waals surface area contributed by atoms with Gasteiger partial charge < -0.3 is 16.0 Å². The number of rotatable bonds is 4. The molecule has 1 heterocycles. The highest BCUT2D eigenvalue weighted by atomic mass is 35.5. The number of hydrogen-bond donors (Lipinski definition) is 2. The van der Waals surface area contributed by atoms with Crippen molar-refractivity contribution in [3.63, 3.8) is 0 Å². The van der Waals surface area contributed by atoms with Crippen LogP contribution in [0.1, 0.15) is 23.2 Å². The van der Waals surface area contributed by atoms with Crippen LogP contribution in [0.3, 0.4) is 0 Å². The van der Waals surface area contributed by atoms with Gasteiger partial charge in [0, 0.05) is 24.0 Å². The highest BCUT2D eigenvalue weighted by Gasteiger charge is 2.25. The van der Waals surface area contributed by atoms with Crippen LogP contribution in [0.4, 0.5) is 15.8 Å². The topological polar surface area (TPSA) is 75.4 Å². The molecule has 0 radical (unpaired) electrons. The molecule has 136 valence electrons. The van der Waals surface area contributed by atoms with Crippen LogP contribution in [0.25, 0.3) is 0 Å². The van der Waals surface area contributed by atoms with Gasteiger partial charge in [-0.3, -0.25) is 9.59 Å². The Morgan fingerprint density at radius 3 is 2.54 bits per heavy atom. The summed E-state index contributed by atoms with van der Waals surface area (Å²) in [5.74, 6) is -1.59. The Labute approximate surface area is 155 Å². The van der Waals surface area contributed by atoms with Gasteiger partial charge in [0.15, 0.2) is 0 Å². The summed E-state index contributed by atoms with van der Waals surface area (Å²) in [5.41, 5.74) is 6.67. The molecule has 0 aliphatic carbocycles. The van der Waals surface area contributed by atoms with E-state index >= 15 is 0 Å². The van der Waals surface area contributed by atoms with Crippen molar-refractivity contribution >= 4 is 34.8 Å². The van der Waals surface area contributed by atoms with E-state index in [0.717, 1.165) is 11.8 Å². The summed E-state index contributed by atoms with van der Waals surface area (Å²) < 4.78 is 13.9. The molecule has 0 atom stereocenters. The average Bonchev–Trinajstić information content (AvgIpc) is 2.64. The smallest absolute Gasteiger partial charge is 0.258 e. The number of carbonyl (C=O) groups excluding carboxylic acids is 2. The lowest BCUT2D eigenvalue weighted by atomic mass is 9.96. The van der Waals surface area contributed by atoms with Crippen LogP contribution in [0.5, 0.6) is 0 Å². The van der Waals surface area contributed by atoms with Gasteiger partial charge in [0.1, 0.15) is 5.82 Å². The minimum Gasteiger partial charge on any atom is -0.370 e. The van der Waals surface area contributed by atoms with Gasteiger partial charge in [-0.2, -0.15) is 0 Å². The number of hydrogen-bond acceptors (Lipinski definition) is 3. The zero-order valence-corrected chi connectivity index (χ0v) is 14.8. The maximum Gasteiger partial charge on any atom is 0.258 e. The highest BCUT2D eigenvalue weighted by Crippen LogP contribution is 2.30. The first kappa shape index (κ1) is 18.2. The molecule has 7 heteroatoms. The summed E-state index contributed by atoms with van der Waals surface area (Å²) >= 11 is 5.86. The molecular formula is C19H19ClFN3O2. The summed E-state index contributed by atoms with van der Waals surface area (Å²) in [6, 6.07) is 11.2. The van der Waals surface area contributed by atoms with Crippen LogP contribution in [-0.4, -0.2) is 24.9 Å². The summed E-state index contributed by atoms with van der Waals surface area (Å²) in [6.45, 7) is 1.32. The summed E-state index contributed by atoms with van der Waals surface area (Å²) in [6.07, 6.45) is 1.33. The first-order chi connectivity index (χ1) is 12.5. The minimum atomic E-state index is -0.633. The molecule has 1 aliphatic rings. The monoisotopic (exact) mass is 375 g/mol. The van der Waals surface area contributed by atoms with E-state index in [0.29, 0.717) is 36.6 Å². The number of amides is 2. The van der Waals surface area contributed by atoms with Gasteiger partial charge in [0.25, 0.3) is 5.91 Å². The van der Waals surface area contributed by atoms with Gasteiger partial charge in [0.05, 0.1) is 16.9 Å². The largest absolute Gasteiger partial charge is 0.370 e. The van der Waals surface area contributed by atoms with Crippen LogP contribution in [0.15, 0.2) is 42.5 Å². The standard InChI is InChI=1S/C19H19ClFN3O2/c20-13-5-6-15(21)14(11-13)19(26)23-16-3-1-2-4-17(16)24-9-7-12(8-10-24)18(22)25/h1-6,11-12H,7-10H2,(H2,22,25)(H,23,26). The van der Waals surface area contributed by atoms with Gasteiger partial charge in [-0.05, 0) is 43.2 Å². The van der Waals surface area contributed by atoms with Crippen molar-refractivity contribution in [1.29, 1.82) is 0 Å². The van der Waals surface area contributed by atoms with Crippen molar-refractivity contribution in [2.75, 3.05) is 23.3 Å². The van der Waals surface area contributed by atoms with E-state index in [2.05, 4.69) is 10.2 Å². The minimum absolute atomic E-state index is 0.111. The van der Waals surface area contributed by atoms with E-state index in [9.17, 15) is 14.0 Å². The van der Waals surface area contributed by atoms with Gasteiger partial charge >= 0.3 is 0 Å². The Bertz CT molecular complexity index is 835. The molecule has 5 nitrogen and oxygen atoms in total. The second kappa shape index (κ2) is 7.74. The lowest BCUT2D eigenvalue weighted by Gasteiger charge is -2.33. The summed E-state index contributed by atoms with van der Waals surface area (Å²) in [5, 5.41) is 3.05. The fourth-order valence-electron chi connectivity index (χ4n) is 3.12. The summed E-state index contributed by atoms with van der Waals surface area (Å²) in [7, 11) is 0. The molecule has 26 heavy (non-hydrogen) atoms. The lowest BCUT2D eigenvalue weighted by molar-refractivity contribution is -0.122. The molecule has 1 aliphatic heterocycles. The predicted molar refractivity (Wildman–Crippen MR) is 99.9 cm³/mol. The fraction of sp³-hybridized carbons (Fsp3) is 0.263. The second-order valence-electron chi connectivity index (χ2n) is 6.26. The molecule has 1 fully saturated rings. The van der Waals surface area contributed by atoms with E-state index in [1.165, 1.54) is 12.1 Å². The molecule has 0 saturated carbocycles. The third-order valence-corrected chi connectivity index (χ3v) is 4.80. The third-order valence-electron chi connectivity index (χ3n) is 4.56. The normalized spacial score (nSPS) is 14.9. The van der Waals surface area contributed by atoms with Crippen molar-refractivity contribution in [3.05, 3.63) is 58.9 Å². The van der Waals surface area contributed by atoms with Gasteiger partial charge in [-0.15, -0.1) is 0 Å². The van der Waals surface area contributed by atoms with Crippen LogP contribution in [0, 0.1) is 11.7 Å². The van der Waals surface area contributed by atoms with Crippen LogP contribution in [0.2, 0.25) is 5.02 Å². The van der Waals surface area contributed by atoms with Crippen molar-refractivity contribution in [2.24, 2.45) is 11.7 Å².